The molecule has 0 aliphatic carbocycles. The predicted molar refractivity (Wildman–Crippen MR) is 85.4 cm³/mol. The van der Waals surface area contributed by atoms with Gasteiger partial charge in [-0.25, -0.2) is 0 Å². The molecular formula is C18H29NO. The minimum Gasteiger partial charge on any atom is -0.493 e. The zero-order valence-electron chi connectivity index (χ0n) is 13.4. The number of benzene rings is 1. The summed E-state index contributed by atoms with van der Waals surface area (Å²) in [6, 6.07) is 8.49. The fourth-order valence-electron chi connectivity index (χ4n) is 2.98. The Morgan fingerprint density at radius 2 is 2.05 bits per heavy atom. The molecule has 20 heavy (non-hydrogen) atoms. The van der Waals surface area contributed by atoms with Crippen LogP contribution in [0.4, 0.5) is 0 Å². The van der Waals surface area contributed by atoms with E-state index >= 15 is 0 Å². The van der Waals surface area contributed by atoms with Gasteiger partial charge in [-0.2, -0.15) is 0 Å². The summed E-state index contributed by atoms with van der Waals surface area (Å²) in [7, 11) is 0. The van der Waals surface area contributed by atoms with Crippen LogP contribution in [0.15, 0.2) is 24.3 Å². The molecule has 1 heterocycles. The SMILES string of the molecule is CC(C)CNCCC(C)(C)CC1COc2ccccc21. The van der Waals surface area contributed by atoms with Crippen LogP contribution < -0.4 is 10.1 Å². The van der Waals surface area contributed by atoms with Crippen molar-refractivity contribution in [1.29, 1.82) is 0 Å². The Balaban J connectivity index is 1.83. The molecule has 0 fully saturated rings. The van der Waals surface area contributed by atoms with Gasteiger partial charge in [-0.15, -0.1) is 0 Å². The number of nitrogens with one attached hydrogen (secondary N) is 1. The maximum atomic E-state index is 5.80. The molecule has 1 aliphatic rings. The highest BCUT2D eigenvalue weighted by molar-refractivity contribution is 5.39. The second-order valence-electron chi connectivity index (χ2n) is 7.26. The van der Waals surface area contributed by atoms with E-state index in [0.29, 0.717) is 11.3 Å². The smallest absolute Gasteiger partial charge is 0.122 e. The lowest BCUT2D eigenvalue weighted by Crippen LogP contribution is -2.26. The van der Waals surface area contributed by atoms with Crippen molar-refractivity contribution < 1.29 is 4.74 Å². The third-order valence-electron chi connectivity index (χ3n) is 4.13. The van der Waals surface area contributed by atoms with Crippen molar-refractivity contribution in [1.82, 2.24) is 5.32 Å². The van der Waals surface area contributed by atoms with Crippen LogP contribution in [-0.4, -0.2) is 19.7 Å². The lowest BCUT2D eigenvalue weighted by molar-refractivity contribution is 0.243. The molecule has 1 unspecified atom stereocenters. The van der Waals surface area contributed by atoms with E-state index in [9.17, 15) is 0 Å². The summed E-state index contributed by atoms with van der Waals surface area (Å²) >= 11 is 0. The van der Waals surface area contributed by atoms with Gasteiger partial charge in [0.15, 0.2) is 0 Å². The fourth-order valence-corrected chi connectivity index (χ4v) is 2.98. The third-order valence-corrected chi connectivity index (χ3v) is 4.13. The zero-order valence-corrected chi connectivity index (χ0v) is 13.4. The van der Waals surface area contributed by atoms with E-state index in [2.05, 4.69) is 57.3 Å². The summed E-state index contributed by atoms with van der Waals surface area (Å²) < 4.78 is 5.80. The Morgan fingerprint density at radius 3 is 2.80 bits per heavy atom. The summed E-state index contributed by atoms with van der Waals surface area (Å²) in [6.07, 6.45) is 2.42. The van der Waals surface area contributed by atoms with E-state index in [4.69, 9.17) is 4.74 Å². The first kappa shape index (κ1) is 15.4. The lowest BCUT2D eigenvalue weighted by atomic mass is 9.78. The number of hydrogen-bond acceptors (Lipinski definition) is 2. The van der Waals surface area contributed by atoms with E-state index in [1.54, 1.807) is 0 Å². The standard InChI is InChI=1S/C18H29NO/c1-14(2)12-19-10-9-18(3,4)11-15-13-20-17-8-6-5-7-16(15)17/h5-8,14-15,19H,9-13H2,1-4H3. The number of hydrogen-bond donors (Lipinski definition) is 1. The van der Waals surface area contributed by atoms with Gasteiger partial charge in [-0.3, -0.25) is 0 Å². The van der Waals surface area contributed by atoms with Gasteiger partial charge in [0.05, 0.1) is 6.61 Å². The molecule has 1 aromatic rings. The van der Waals surface area contributed by atoms with Gasteiger partial charge in [0.1, 0.15) is 5.75 Å². The van der Waals surface area contributed by atoms with E-state index in [-0.39, 0.29) is 0 Å². The minimum absolute atomic E-state index is 0.357. The van der Waals surface area contributed by atoms with Gasteiger partial charge in [-0.1, -0.05) is 45.9 Å². The molecular weight excluding hydrogens is 246 g/mol. The van der Waals surface area contributed by atoms with Crippen molar-refractivity contribution >= 4 is 0 Å². The number of rotatable bonds is 7. The fraction of sp³-hybridized carbons (Fsp3) is 0.667. The van der Waals surface area contributed by atoms with Crippen LogP contribution in [0, 0.1) is 11.3 Å². The van der Waals surface area contributed by atoms with Crippen molar-refractivity contribution in [2.45, 2.75) is 46.5 Å². The molecule has 1 N–H and O–H groups in total. The highest BCUT2D eigenvalue weighted by atomic mass is 16.5. The molecule has 0 amide bonds. The summed E-state index contributed by atoms with van der Waals surface area (Å²) in [5.41, 5.74) is 1.76. The first-order chi connectivity index (χ1) is 9.48. The average molecular weight is 275 g/mol. The molecule has 0 saturated heterocycles. The second-order valence-corrected chi connectivity index (χ2v) is 7.26. The lowest BCUT2D eigenvalue weighted by Gasteiger charge is -2.28. The normalized spacial score (nSPS) is 18.1. The van der Waals surface area contributed by atoms with Crippen LogP contribution in [0.25, 0.3) is 0 Å². The quantitative estimate of drug-likeness (QED) is 0.752. The summed E-state index contributed by atoms with van der Waals surface area (Å²) in [4.78, 5) is 0. The molecule has 0 spiro atoms. The van der Waals surface area contributed by atoms with Crippen molar-refractivity contribution in [3.8, 4) is 5.75 Å². The molecule has 0 radical (unpaired) electrons. The summed E-state index contributed by atoms with van der Waals surface area (Å²) in [6.45, 7) is 12.3. The van der Waals surface area contributed by atoms with Gasteiger partial charge in [0, 0.05) is 11.5 Å². The summed E-state index contributed by atoms with van der Waals surface area (Å²) in [5.74, 6) is 2.38. The largest absolute Gasteiger partial charge is 0.493 e. The molecule has 2 rings (SSSR count). The predicted octanol–water partition coefficient (Wildman–Crippen LogP) is 4.21. The minimum atomic E-state index is 0.357. The van der Waals surface area contributed by atoms with Crippen LogP contribution >= 0.6 is 0 Å². The monoisotopic (exact) mass is 275 g/mol. The van der Waals surface area contributed by atoms with E-state index < -0.39 is 0 Å². The first-order valence-electron chi connectivity index (χ1n) is 7.90. The Labute approximate surface area is 123 Å². The average Bonchev–Trinajstić information content (AvgIpc) is 2.78. The molecule has 1 aliphatic heterocycles. The number of ether oxygens (including phenoxy) is 1. The highest BCUT2D eigenvalue weighted by Crippen LogP contribution is 2.41. The second kappa shape index (κ2) is 6.62. The van der Waals surface area contributed by atoms with Gasteiger partial charge in [-0.05, 0) is 43.3 Å². The van der Waals surface area contributed by atoms with Crippen LogP contribution in [0.3, 0.4) is 0 Å². The van der Waals surface area contributed by atoms with Gasteiger partial charge < -0.3 is 10.1 Å². The van der Waals surface area contributed by atoms with Crippen molar-refractivity contribution in [2.75, 3.05) is 19.7 Å². The Hall–Kier alpha value is -1.02. The topological polar surface area (TPSA) is 21.3 Å². The third kappa shape index (κ3) is 4.24. The van der Waals surface area contributed by atoms with E-state index in [0.717, 1.165) is 31.4 Å². The van der Waals surface area contributed by atoms with Gasteiger partial charge in [0.2, 0.25) is 0 Å². The number of fused-ring (bicyclic) bond motifs is 1. The van der Waals surface area contributed by atoms with E-state index in [1.807, 2.05) is 0 Å². The number of para-hydroxylation sites is 1. The van der Waals surface area contributed by atoms with E-state index in [1.165, 1.54) is 18.4 Å². The Bertz CT molecular complexity index is 425. The van der Waals surface area contributed by atoms with Crippen LogP contribution in [0.2, 0.25) is 0 Å². The van der Waals surface area contributed by atoms with Crippen LogP contribution in [-0.2, 0) is 0 Å². The van der Waals surface area contributed by atoms with Gasteiger partial charge in [0.25, 0.3) is 0 Å². The highest BCUT2D eigenvalue weighted by Gasteiger charge is 2.29. The first-order valence-corrected chi connectivity index (χ1v) is 7.90. The molecule has 0 saturated carbocycles. The molecule has 0 aromatic heterocycles. The Morgan fingerprint density at radius 1 is 1.30 bits per heavy atom. The van der Waals surface area contributed by atoms with Crippen molar-refractivity contribution in [2.24, 2.45) is 11.3 Å². The zero-order chi connectivity index (χ0) is 14.6. The van der Waals surface area contributed by atoms with Crippen molar-refractivity contribution in [3.63, 3.8) is 0 Å². The molecule has 2 heteroatoms. The van der Waals surface area contributed by atoms with Crippen LogP contribution in [0.1, 0.15) is 52.0 Å². The van der Waals surface area contributed by atoms with Crippen LogP contribution in [0.5, 0.6) is 5.75 Å². The molecule has 1 aromatic carbocycles. The summed E-state index contributed by atoms with van der Waals surface area (Å²) in [5, 5.41) is 3.55. The molecule has 0 bridgehead atoms. The molecule has 112 valence electrons. The Kier molecular flexibility index (Phi) is 5.09. The van der Waals surface area contributed by atoms with Crippen molar-refractivity contribution in [3.05, 3.63) is 29.8 Å². The van der Waals surface area contributed by atoms with Gasteiger partial charge >= 0.3 is 0 Å². The maximum absolute atomic E-state index is 5.80. The molecule has 1 atom stereocenters. The maximum Gasteiger partial charge on any atom is 0.122 e. The molecule has 2 nitrogen and oxygen atoms in total.